The van der Waals surface area contributed by atoms with Crippen molar-refractivity contribution in [2.24, 2.45) is 0 Å². The van der Waals surface area contributed by atoms with Gasteiger partial charge < -0.3 is 15.4 Å². The number of hydrogen-bond donors (Lipinski definition) is 2. The minimum Gasteiger partial charge on any atom is -0.494 e. The van der Waals surface area contributed by atoms with Gasteiger partial charge in [-0.1, -0.05) is 23.7 Å². The molecule has 3 rings (SSSR count). The molecule has 0 radical (unpaired) electrons. The molecule has 2 N–H and O–H groups in total. The van der Waals surface area contributed by atoms with Crippen LogP contribution in [-0.2, 0) is 6.54 Å². The third kappa shape index (κ3) is 5.46. The zero-order valence-corrected chi connectivity index (χ0v) is 15.7. The van der Waals surface area contributed by atoms with E-state index in [0.717, 1.165) is 22.7 Å². The number of amides is 1. The maximum Gasteiger partial charge on any atom is 0.270 e. The van der Waals surface area contributed by atoms with Gasteiger partial charge in [-0.3, -0.25) is 4.79 Å². The van der Waals surface area contributed by atoms with Crippen LogP contribution in [0.15, 0.2) is 66.9 Å². The number of rotatable bonds is 7. The van der Waals surface area contributed by atoms with Crippen molar-refractivity contribution in [2.75, 3.05) is 11.9 Å². The molecule has 5 nitrogen and oxygen atoms in total. The summed E-state index contributed by atoms with van der Waals surface area (Å²) in [7, 11) is 0. The van der Waals surface area contributed by atoms with E-state index >= 15 is 0 Å². The number of carbonyl (C=O) groups excluding carboxylic acids is 1. The van der Waals surface area contributed by atoms with Gasteiger partial charge in [-0.15, -0.1) is 0 Å². The van der Waals surface area contributed by atoms with Gasteiger partial charge in [-0.05, 0) is 61.0 Å². The highest BCUT2D eigenvalue weighted by Crippen LogP contribution is 2.19. The van der Waals surface area contributed by atoms with E-state index in [1.807, 2.05) is 49.4 Å². The van der Waals surface area contributed by atoms with E-state index in [1.165, 1.54) is 0 Å². The van der Waals surface area contributed by atoms with Crippen molar-refractivity contribution in [1.82, 2.24) is 10.3 Å². The van der Waals surface area contributed by atoms with Crippen LogP contribution in [0, 0.1) is 0 Å². The van der Waals surface area contributed by atoms with E-state index in [2.05, 4.69) is 15.6 Å². The number of halogens is 1. The van der Waals surface area contributed by atoms with E-state index in [0.29, 0.717) is 23.9 Å². The van der Waals surface area contributed by atoms with Crippen LogP contribution in [0.5, 0.6) is 5.75 Å². The van der Waals surface area contributed by atoms with E-state index < -0.39 is 0 Å². The predicted molar refractivity (Wildman–Crippen MR) is 108 cm³/mol. The molecule has 1 aromatic heterocycles. The summed E-state index contributed by atoms with van der Waals surface area (Å²) in [4.78, 5) is 16.4. The first-order chi connectivity index (χ1) is 13.1. The van der Waals surface area contributed by atoms with Crippen molar-refractivity contribution >= 4 is 28.9 Å². The number of carbonyl (C=O) groups is 1. The van der Waals surface area contributed by atoms with E-state index in [4.69, 9.17) is 16.3 Å². The third-order valence-corrected chi connectivity index (χ3v) is 4.07. The van der Waals surface area contributed by atoms with E-state index in [-0.39, 0.29) is 5.91 Å². The molecule has 0 aliphatic carbocycles. The Morgan fingerprint density at radius 1 is 1.00 bits per heavy atom. The van der Waals surface area contributed by atoms with Crippen molar-refractivity contribution < 1.29 is 9.53 Å². The summed E-state index contributed by atoms with van der Waals surface area (Å²) in [5.74, 6) is 0.603. The van der Waals surface area contributed by atoms with Crippen LogP contribution >= 0.6 is 11.6 Å². The second-order valence-electron chi connectivity index (χ2n) is 5.82. The van der Waals surface area contributed by atoms with Crippen molar-refractivity contribution in [3.63, 3.8) is 0 Å². The third-order valence-electron chi connectivity index (χ3n) is 3.82. The van der Waals surface area contributed by atoms with E-state index in [9.17, 15) is 4.79 Å². The second-order valence-corrected chi connectivity index (χ2v) is 6.26. The number of pyridine rings is 1. The molecule has 1 amide bonds. The molecule has 138 valence electrons. The van der Waals surface area contributed by atoms with Crippen LogP contribution in [0.1, 0.15) is 23.0 Å². The summed E-state index contributed by atoms with van der Waals surface area (Å²) in [5.41, 5.74) is 3.05. The molecule has 3 aromatic rings. The lowest BCUT2D eigenvalue weighted by atomic mass is 10.2. The van der Waals surface area contributed by atoms with Crippen LogP contribution in [0.3, 0.4) is 0 Å². The quantitative estimate of drug-likeness (QED) is 0.616. The summed E-state index contributed by atoms with van der Waals surface area (Å²) in [6.45, 7) is 3.01. The van der Waals surface area contributed by atoms with Crippen molar-refractivity contribution in [3.8, 4) is 5.75 Å². The fourth-order valence-electron chi connectivity index (χ4n) is 2.45. The lowest BCUT2D eigenvalue weighted by molar-refractivity contribution is 0.0946. The second kappa shape index (κ2) is 9.05. The van der Waals surface area contributed by atoms with Crippen LogP contribution < -0.4 is 15.4 Å². The maximum absolute atomic E-state index is 12.2. The topological polar surface area (TPSA) is 63.2 Å². The number of benzene rings is 2. The molecule has 0 saturated carbocycles. The molecule has 6 heteroatoms. The minimum absolute atomic E-state index is 0.224. The van der Waals surface area contributed by atoms with Crippen LogP contribution in [0.2, 0.25) is 5.02 Å². The minimum atomic E-state index is -0.224. The Morgan fingerprint density at radius 3 is 2.33 bits per heavy atom. The SMILES string of the molecule is CCOc1ccc(Nc2ccc(C(=O)NCc3ccc(Cl)cc3)nc2)cc1. The van der Waals surface area contributed by atoms with Crippen LogP contribution in [0.25, 0.3) is 0 Å². The van der Waals surface area contributed by atoms with Gasteiger partial charge in [0.05, 0.1) is 18.5 Å². The van der Waals surface area contributed by atoms with E-state index in [1.54, 1.807) is 24.4 Å². The largest absolute Gasteiger partial charge is 0.494 e. The van der Waals surface area contributed by atoms with Crippen molar-refractivity contribution in [1.29, 1.82) is 0 Å². The number of ether oxygens (including phenoxy) is 1. The average Bonchev–Trinajstić information content (AvgIpc) is 2.70. The van der Waals surface area contributed by atoms with Crippen molar-refractivity contribution in [3.05, 3.63) is 83.1 Å². The molecule has 27 heavy (non-hydrogen) atoms. The zero-order chi connectivity index (χ0) is 19.1. The Bertz CT molecular complexity index is 879. The standard InChI is InChI=1S/C21H20ClN3O2/c1-2-27-19-10-7-17(8-11-19)25-18-9-12-20(23-14-18)21(26)24-13-15-3-5-16(22)6-4-15/h3-12,14,25H,2,13H2,1H3,(H,24,26). The molecule has 0 aliphatic heterocycles. The molecule has 2 aromatic carbocycles. The number of nitrogens with one attached hydrogen (secondary N) is 2. The molecule has 0 unspecified atom stereocenters. The Morgan fingerprint density at radius 2 is 1.70 bits per heavy atom. The molecule has 0 aliphatic rings. The summed E-state index contributed by atoms with van der Waals surface area (Å²) in [6, 6.07) is 18.5. The monoisotopic (exact) mass is 381 g/mol. The predicted octanol–water partition coefficient (Wildman–Crippen LogP) is 4.81. The molecule has 1 heterocycles. The first-order valence-corrected chi connectivity index (χ1v) is 9.00. The van der Waals surface area contributed by atoms with Crippen LogP contribution in [-0.4, -0.2) is 17.5 Å². The van der Waals surface area contributed by atoms with Gasteiger partial charge in [0, 0.05) is 17.3 Å². The average molecular weight is 382 g/mol. The molecule has 0 bridgehead atoms. The summed E-state index contributed by atoms with van der Waals surface area (Å²) >= 11 is 5.86. The fourth-order valence-corrected chi connectivity index (χ4v) is 2.57. The smallest absolute Gasteiger partial charge is 0.270 e. The summed E-state index contributed by atoms with van der Waals surface area (Å²) < 4.78 is 5.42. The highest BCUT2D eigenvalue weighted by Gasteiger charge is 2.07. The lowest BCUT2D eigenvalue weighted by Gasteiger charge is -2.09. The molecule has 0 fully saturated rings. The first-order valence-electron chi connectivity index (χ1n) is 8.62. The van der Waals surface area contributed by atoms with Crippen molar-refractivity contribution in [2.45, 2.75) is 13.5 Å². The molecule has 0 atom stereocenters. The highest BCUT2D eigenvalue weighted by molar-refractivity contribution is 6.30. The van der Waals surface area contributed by atoms with Gasteiger partial charge in [0.1, 0.15) is 11.4 Å². The first kappa shape index (κ1) is 18.7. The normalized spacial score (nSPS) is 10.3. The number of hydrogen-bond acceptors (Lipinski definition) is 4. The highest BCUT2D eigenvalue weighted by atomic mass is 35.5. The summed E-state index contributed by atoms with van der Waals surface area (Å²) in [6.07, 6.45) is 1.63. The Hall–Kier alpha value is -3.05. The Labute approximate surface area is 163 Å². The zero-order valence-electron chi connectivity index (χ0n) is 14.9. The Balaban J connectivity index is 1.55. The van der Waals surface area contributed by atoms with Gasteiger partial charge in [-0.2, -0.15) is 0 Å². The van der Waals surface area contributed by atoms with Gasteiger partial charge in [-0.25, -0.2) is 4.98 Å². The van der Waals surface area contributed by atoms with Gasteiger partial charge >= 0.3 is 0 Å². The number of anilines is 2. The Kier molecular flexibility index (Phi) is 6.28. The molecule has 0 saturated heterocycles. The molecule has 0 spiro atoms. The van der Waals surface area contributed by atoms with Crippen LogP contribution in [0.4, 0.5) is 11.4 Å². The number of nitrogens with zero attached hydrogens (tertiary/aromatic N) is 1. The summed E-state index contributed by atoms with van der Waals surface area (Å²) in [5, 5.41) is 6.75. The number of aromatic nitrogens is 1. The lowest BCUT2D eigenvalue weighted by Crippen LogP contribution is -2.23. The molecular formula is C21H20ClN3O2. The maximum atomic E-state index is 12.2. The molecular weight excluding hydrogens is 362 g/mol. The van der Waals surface area contributed by atoms with Gasteiger partial charge in [0.25, 0.3) is 5.91 Å². The van der Waals surface area contributed by atoms with Gasteiger partial charge in [0.15, 0.2) is 0 Å². The van der Waals surface area contributed by atoms with Gasteiger partial charge in [0.2, 0.25) is 0 Å². The fraction of sp³-hybridized carbons (Fsp3) is 0.143.